The molecule has 3 rings (SSSR count). The number of hydrogen-bond acceptors (Lipinski definition) is 3. The zero-order valence-electron chi connectivity index (χ0n) is 10.9. The van der Waals surface area contributed by atoms with Crippen LogP contribution >= 0.6 is 11.6 Å². The van der Waals surface area contributed by atoms with Crippen LogP contribution in [0, 0.1) is 11.9 Å². The van der Waals surface area contributed by atoms with Crippen LogP contribution in [0.3, 0.4) is 0 Å². The van der Waals surface area contributed by atoms with Crippen molar-refractivity contribution >= 4 is 23.0 Å². The normalized spacial score (nSPS) is 14.3. The van der Waals surface area contributed by atoms with Gasteiger partial charge in [-0.05, 0) is 36.5 Å². The minimum atomic E-state index is -0.534. The van der Waals surface area contributed by atoms with Crippen LogP contribution in [0.1, 0.15) is 12.8 Å². The molecule has 3 nitrogen and oxygen atoms in total. The van der Waals surface area contributed by atoms with Crippen molar-refractivity contribution in [2.75, 3.05) is 17.6 Å². The number of anilines is 2. The van der Waals surface area contributed by atoms with Crippen molar-refractivity contribution in [3.63, 3.8) is 0 Å². The Balaban J connectivity index is 1.90. The van der Waals surface area contributed by atoms with E-state index in [1.807, 2.05) is 12.1 Å². The highest BCUT2D eigenvalue weighted by atomic mass is 35.5. The number of nitrogens with zero attached hydrogens (tertiary/aromatic N) is 1. The first-order valence-electron chi connectivity index (χ1n) is 6.59. The molecule has 0 spiro atoms. The zero-order valence-corrected chi connectivity index (χ0v) is 11.6. The molecule has 0 radical (unpaired) electrons. The number of nitrogens with one attached hydrogen (secondary N) is 1. The minimum Gasteiger partial charge on any atom is -0.396 e. The van der Waals surface area contributed by atoms with Crippen LogP contribution in [0.5, 0.6) is 0 Å². The molecule has 1 fully saturated rings. The second kappa shape index (κ2) is 5.29. The molecule has 5 heteroatoms. The number of nitrogens with two attached hydrogens (primary N) is 1. The quantitative estimate of drug-likeness (QED) is 0.662. The molecular weight excluding hydrogens is 277 g/mol. The van der Waals surface area contributed by atoms with Crippen molar-refractivity contribution < 1.29 is 4.39 Å². The molecule has 104 valence electrons. The van der Waals surface area contributed by atoms with Gasteiger partial charge in [-0.3, -0.25) is 0 Å². The molecule has 0 saturated heterocycles. The lowest BCUT2D eigenvalue weighted by Crippen LogP contribution is -2.06. The molecule has 1 heterocycles. The molecule has 2 aromatic rings. The highest BCUT2D eigenvalue weighted by molar-refractivity contribution is 6.36. The van der Waals surface area contributed by atoms with Crippen LogP contribution in [-0.4, -0.2) is 11.5 Å². The lowest BCUT2D eigenvalue weighted by molar-refractivity contribution is 0.584. The number of aromatic nitrogens is 1. The van der Waals surface area contributed by atoms with Crippen LogP contribution in [0.2, 0.25) is 5.02 Å². The molecule has 0 unspecified atom stereocenters. The van der Waals surface area contributed by atoms with Gasteiger partial charge in [0.15, 0.2) is 0 Å². The SMILES string of the molecule is Nc1c(NCC2CC2)ccc(-c2ccnc(F)c2)c1Cl. The van der Waals surface area contributed by atoms with Crippen molar-refractivity contribution in [1.82, 2.24) is 4.98 Å². The molecule has 20 heavy (non-hydrogen) atoms. The first-order chi connectivity index (χ1) is 9.65. The highest BCUT2D eigenvalue weighted by Crippen LogP contribution is 2.37. The van der Waals surface area contributed by atoms with E-state index in [1.54, 1.807) is 6.07 Å². The molecule has 3 N–H and O–H groups in total. The Morgan fingerprint density at radius 2 is 2.15 bits per heavy atom. The van der Waals surface area contributed by atoms with Crippen LogP contribution in [0.25, 0.3) is 11.1 Å². The molecular formula is C15H15ClFN3. The zero-order chi connectivity index (χ0) is 14.1. The Kier molecular flexibility index (Phi) is 3.49. The predicted molar refractivity (Wildman–Crippen MR) is 80.3 cm³/mol. The van der Waals surface area contributed by atoms with Crippen LogP contribution < -0.4 is 11.1 Å². The molecule has 1 saturated carbocycles. The summed E-state index contributed by atoms with van der Waals surface area (Å²) in [7, 11) is 0. The number of halogens is 2. The molecule has 0 aliphatic heterocycles. The van der Waals surface area contributed by atoms with Gasteiger partial charge >= 0.3 is 0 Å². The minimum absolute atomic E-state index is 0.441. The molecule has 1 aliphatic carbocycles. The number of pyridine rings is 1. The summed E-state index contributed by atoms with van der Waals surface area (Å²) in [5.74, 6) is 0.218. The number of hydrogen-bond donors (Lipinski definition) is 2. The second-order valence-corrected chi connectivity index (χ2v) is 5.46. The lowest BCUT2D eigenvalue weighted by Gasteiger charge is -2.13. The smallest absolute Gasteiger partial charge is 0.213 e. The maximum atomic E-state index is 13.2. The van der Waals surface area contributed by atoms with Gasteiger partial charge in [0, 0.05) is 24.4 Å². The Morgan fingerprint density at radius 3 is 2.85 bits per heavy atom. The second-order valence-electron chi connectivity index (χ2n) is 5.08. The van der Waals surface area contributed by atoms with E-state index < -0.39 is 5.95 Å². The monoisotopic (exact) mass is 291 g/mol. The van der Waals surface area contributed by atoms with Crippen LogP contribution in [0.15, 0.2) is 30.5 Å². The lowest BCUT2D eigenvalue weighted by atomic mass is 10.1. The first kappa shape index (κ1) is 13.2. The topological polar surface area (TPSA) is 50.9 Å². The summed E-state index contributed by atoms with van der Waals surface area (Å²) in [6.07, 6.45) is 3.96. The van der Waals surface area contributed by atoms with E-state index >= 15 is 0 Å². The summed E-state index contributed by atoms with van der Waals surface area (Å²) in [5, 5.41) is 3.75. The molecule has 1 aliphatic rings. The van der Waals surface area contributed by atoms with E-state index in [0.29, 0.717) is 21.8 Å². The average Bonchev–Trinajstić information content (AvgIpc) is 3.24. The fraction of sp³-hybridized carbons (Fsp3) is 0.267. The third-order valence-electron chi connectivity index (χ3n) is 3.50. The Morgan fingerprint density at radius 1 is 1.35 bits per heavy atom. The van der Waals surface area contributed by atoms with Crippen molar-refractivity contribution in [2.24, 2.45) is 5.92 Å². The van der Waals surface area contributed by atoms with Crippen molar-refractivity contribution in [3.05, 3.63) is 41.4 Å². The summed E-state index contributed by atoms with van der Waals surface area (Å²) in [4.78, 5) is 3.54. The summed E-state index contributed by atoms with van der Waals surface area (Å²) < 4.78 is 13.2. The largest absolute Gasteiger partial charge is 0.396 e. The van der Waals surface area contributed by atoms with Crippen molar-refractivity contribution in [3.8, 4) is 11.1 Å². The Hall–Kier alpha value is -1.81. The van der Waals surface area contributed by atoms with Crippen molar-refractivity contribution in [2.45, 2.75) is 12.8 Å². The first-order valence-corrected chi connectivity index (χ1v) is 6.96. The van der Waals surface area contributed by atoms with Gasteiger partial charge in [-0.1, -0.05) is 17.7 Å². The predicted octanol–water partition coefficient (Wildman–Crippen LogP) is 3.95. The van der Waals surface area contributed by atoms with Crippen LogP contribution in [-0.2, 0) is 0 Å². The van der Waals surface area contributed by atoms with Gasteiger partial charge in [-0.2, -0.15) is 4.39 Å². The highest BCUT2D eigenvalue weighted by Gasteiger charge is 2.21. The summed E-state index contributed by atoms with van der Waals surface area (Å²) in [6.45, 7) is 0.920. The third kappa shape index (κ3) is 2.70. The van der Waals surface area contributed by atoms with Gasteiger partial charge in [0.05, 0.1) is 16.4 Å². The maximum Gasteiger partial charge on any atom is 0.213 e. The average molecular weight is 292 g/mol. The number of nitrogen functional groups attached to an aromatic ring is 1. The van der Waals surface area contributed by atoms with Gasteiger partial charge in [0.2, 0.25) is 5.95 Å². The van der Waals surface area contributed by atoms with Gasteiger partial charge in [-0.25, -0.2) is 4.98 Å². The van der Waals surface area contributed by atoms with E-state index in [2.05, 4.69) is 10.3 Å². The molecule has 1 aromatic heterocycles. The third-order valence-corrected chi connectivity index (χ3v) is 3.90. The van der Waals surface area contributed by atoms with Gasteiger partial charge in [0.1, 0.15) is 0 Å². The van der Waals surface area contributed by atoms with E-state index in [-0.39, 0.29) is 0 Å². The van der Waals surface area contributed by atoms with Gasteiger partial charge in [-0.15, -0.1) is 0 Å². The molecule has 1 aromatic carbocycles. The Bertz CT molecular complexity index is 641. The number of rotatable bonds is 4. The van der Waals surface area contributed by atoms with E-state index in [1.165, 1.54) is 25.1 Å². The fourth-order valence-electron chi connectivity index (χ4n) is 2.12. The van der Waals surface area contributed by atoms with E-state index in [4.69, 9.17) is 17.3 Å². The number of benzene rings is 1. The molecule has 0 bridgehead atoms. The van der Waals surface area contributed by atoms with E-state index in [9.17, 15) is 4.39 Å². The standard InChI is InChI=1S/C15H15ClFN3/c16-14-11(10-5-6-19-13(17)7-10)3-4-12(15(14)18)20-8-9-1-2-9/h3-7,9,20H,1-2,8,18H2. The summed E-state index contributed by atoms with van der Waals surface area (Å²) in [5.41, 5.74) is 8.78. The summed E-state index contributed by atoms with van der Waals surface area (Å²) >= 11 is 6.31. The molecule has 0 amide bonds. The van der Waals surface area contributed by atoms with E-state index in [0.717, 1.165) is 18.2 Å². The maximum absolute atomic E-state index is 13.2. The Labute approximate surface area is 122 Å². The van der Waals surface area contributed by atoms with Crippen LogP contribution in [0.4, 0.5) is 15.8 Å². The summed E-state index contributed by atoms with van der Waals surface area (Å²) in [6, 6.07) is 6.79. The van der Waals surface area contributed by atoms with Gasteiger partial charge < -0.3 is 11.1 Å². The molecule has 0 atom stereocenters. The van der Waals surface area contributed by atoms with Gasteiger partial charge in [0.25, 0.3) is 0 Å². The van der Waals surface area contributed by atoms with Crippen molar-refractivity contribution in [1.29, 1.82) is 0 Å². The fourth-order valence-corrected chi connectivity index (χ4v) is 2.39.